The van der Waals surface area contributed by atoms with E-state index in [1.165, 1.54) is 51.4 Å². The number of epoxide rings is 1. The summed E-state index contributed by atoms with van der Waals surface area (Å²) in [7, 11) is 0. The molecule has 0 amide bonds. The van der Waals surface area contributed by atoms with Gasteiger partial charge in [0.2, 0.25) is 0 Å². The second-order valence-corrected chi connectivity index (χ2v) is 5.96. The van der Waals surface area contributed by atoms with Crippen LogP contribution in [0.15, 0.2) is 0 Å². The topological polar surface area (TPSA) is 59.1 Å². The minimum absolute atomic E-state index is 0.103. The van der Waals surface area contributed by atoms with Crippen molar-refractivity contribution < 1.29 is 19.4 Å². The molecule has 2 unspecified atom stereocenters. The summed E-state index contributed by atoms with van der Waals surface area (Å²) in [6.45, 7) is 2.25. The Kier molecular flexibility index (Phi) is 10.5. The Hall–Kier alpha value is -0.610. The maximum atomic E-state index is 11.3. The molecule has 4 nitrogen and oxygen atoms in total. The van der Waals surface area contributed by atoms with E-state index in [4.69, 9.17) is 14.6 Å². The summed E-state index contributed by atoms with van der Waals surface area (Å²) in [4.78, 5) is 11.3. The molecular weight excluding hydrogens is 268 g/mol. The molecule has 2 atom stereocenters. The fraction of sp³-hybridized carbons (Fsp3) is 0.941. The lowest BCUT2D eigenvalue weighted by Crippen LogP contribution is -2.09. The van der Waals surface area contributed by atoms with Crippen molar-refractivity contribution in [1.29, 1.82) is 0 Å². The van der Waals surface area contributed by atoms with E-state index in [1.807, 2.05) is 0 Å². The summed E-state index contributed by atoms with van der Waals surface area (Å²) in [6, 6.07) is 0. The zero-order valence-corrected chi connectivity index (χ0v) is 13.5. The molecule has 124 valence electrons. The van der Waals surface area contributed by atoms with E-state index < -0.39 is 0 Å². The Morgan fingerprint density at radius 2 is 1.62 bits per heavy atom. The second-order valence-electron chi connectivity index (χ2n) is 5.96. The minimum Gasteiger partial charge on any atom is -0.463 e. The quantitative estimate of drug-likeness (QED) is 0.302. The van der Waals surface area contributed by atoms with Crippen molar-refractivity contribution in [2.45, 2.75) is 89.8 Å². The molecule has 1 heterocycles. The molecule has 4 heteroatoms. The summed E-state index contributed by atoms with van der Waals surface area (Å²) < 4.78 is 10.4. The fourth-order valence-corrected chi connectivity index (χ4v) is 2.66. The Morgan fingerprint density at radius 3 is 2.29 bits per heavy atom. The number of carbonyl (C=O) groups is 1. The lowest BCUT2D eigenvalue weighted by Gasteiger charge is -2.01. The zero-order chi connectivity index (χ0) is 15.3. The SMILES string of the molecule is CCCCCCCCCCC1OC1CCC(=O)OCCO. The number of hydrogen-bond acceptors (Lipinski definition) is 4. The average molecular weight is 300 g/mol. The molecular formula is C17H32O4. The molecule has 0 bridgehead atoms. The van der Waals surface area contributed by atoms with Gasteiger partial charge in [0.1, 0.15) is 6.61 Å². The van der Waals surface area contributed by atoms with Crippen LogP contribution in [0.5, 0.6) is 0 Å². The number of esters is 1. The van der Waals surface area contributed by atoms with Crippen molar-refractivity contribution in [3.05, 3.63) is 0 Å². The molecule has 1 aliphatic rings. The van der Waals surface area contributed by atoms with Crippen LogP contribution in [0.25, 0.3) is 0 Å². The van der Waals surface area contributed by atoms with Crippen LogP contribution < -0.4 is 0 Å². The molecule has 0 saturated carbocycles. The molecule has 1 rings (SSSR count). The van der Waals surface area contributed by atoms with Crippen LogP contribution in [0, 0.1) is 0 Å². The number of aliphatic hydroxyl groups excluding tert-OH is 1. The minimum atomic E-state index is -0.231. The lowest BCUT2D eigenvalue weighted by molar-refractivity contribution is -0.144. The molecule has 1 fully saturated rings. The standard InChI is InChI=1S/C17H32O4/c1-2-3-4-5-6-7-8-9-10-15-16(21-15)11-12-17(19)20-14-13-18/h15-16,18H,2-14H2,1H3. The molecule has 0 aliphatic carbocycles. The third-order valence-corrected chi connectivity index (χ3v) is 4.02. The van der Waals surface area contributed by atoms with Crippen LogP contribution in [0.4, 0.5) is 0 Å². The molecule has 1 saturated heterocycles. The van der Waals surface area contributed by atoms with E-state index in [9.17, 15) is 4.79 Å². The molecule has 0 aromatic rings. The molecule has 0 aromatic carbocycles. The monoisotopic (exact) mass is 300 g/mol. The molecule has 0 aromatic heterocycles. The molecule has 0 radical (unpaired) electrons. The van der Waals surface area contributed by atoms with Crippen molar-refractivity contribution in [2.75, 3.05) is 13.2 Å². The van der Waals surface area contributed by atoms with Gasteiger partial charge in [-0.3, -0.25) is 4.79 Å². The second kappa shape index (κ2) is 12.0. The Balaban J connectivity index is 1.83. The van der Waals surface area contributed by atoms with Crippen LogP contribution in [-0.2, 0) is 14.3 Å². The van der Waals surface area contributed by atoms with Gasteiger partial charge < -0.3 is 14.6 Å². The summed E-state index contributed by atoms with van der Waals surface area (Å²) >= 11 is 0. The predicted molar refractivity (Wildman–Crippen MR) is 83.2 cm³/mol. The highest BCUT2D eigenvalue weighted by Crippen LogP contribution is 2.31. The van der Waals surface area contributed by atoms with Gasteiger partial charge in [0.25, 0.3) is 0 Å². The van der Waals surface area contributed by atoms with Gasteiger partial charge in [-0.05, 0) is 12.8 Å². The lowest BCUT2D eigenvalue weighted by atomic mass is 10.0. The van der Waals surface area contributed by atoms with E-state index in [1.54, 1.807) is 0 Å². The highest BCUT2D eigenvalue weighted by molar-refractivity contribution is 5.69. The van der Waals surface area contributed by atoms with Crippen molar-refractivity contribution >= 4 is 5.97 Å². The van der Waals surface area contributed by atoms with Crippen LogP contribution in [-0.4, -0.2) is 36.5 Å². The first-order valence-electron chi connectivity index (χ1n) is 8.70. The molecule has 1 N–H and O–H groups in total. The van der Waals surface area contributed by atoms with E-state index in [0.29, 0.717) is 12.5 Å². The van der Waals surface area contributed by atoms with Crippen molar-refractivity contribution in [1.82, 2.24) is 0 Å². The molecule has 0 spiro atoms. The number of aliphatic hydroxyl groups is 1. The Labute approximate surface area is 129 Å². The zero-order valence-electron chi connectivity index (χ0n) is 13.5. The van der Waals surface area contributed by atoms with Crippen LogP contribution in [0.2, 0.25) is 0 Å². The van der Waals surface area contributed by atoms with Gasteiger partial charge in [0.15, 0.2) is 0 Å². The first-order chi connectivity index (χ1) is 10.3. The highest BCUT2D eigenvalue weighted by atomic mass is 16.6. The predicted octanol–water partition coefficient (Wildman–Crippen LogP) is 3.60. The van der Waals surface area contributed by atoms with Gasteiger partial charge in [0, 0.05) is 6.42 Å². The largest absolute Gasteiger partial charge is 0.463 e. The van der Waals surface area contributed by atoms with Gasteiger partial charge in [0.05, 0.1) is 18.8 Å². The first-order valence-corrected chi connectivity index (χ1v) is 8.70. The van der Waals surface area contributed by atoms with Crippen molar-refractivity contribution in [3.63, 3.8) is 0 Å². The summed E-state index contributed by atoms with van der Waals surface area (Å²) in [5.74, 6) is -0.231. The van der Waals surface area contributed by atoms with Crippen molar-refractivity contribution in [2.24, 2.45) is 0 Å². The molecule has 21 heavy (non-hydrogen) atoms. The summed E-state index contributed by atoms with van der Waals surface area (Å²) in [5.41, 5.74) is 0. The smallest absolute Gasteiger partial charge is 0.305 e. The molecule has 1 aliphatic heterocycles. The van der Waals surface area contributed by atoms with Gasteiger partial charge >= 0.3 is 5.97 Å². The van der Waals surface area contributed by atoms with Gasteiger partial charge in [-0.1, -0.05) is 58.3 Å². The Bertz CT molecular complexity index is 268. The van der Waals surface area contributed by atoms with Gasteiger partial charge in [-0.25, -0.2) is 0 Å². The van der Waals surface area contributed by atoms with Crippen LogP contribution in [0.1, 0.15) is 77.6 Å². The van der Waals surface area contributed by atoms with Gasteiger partial charge in [-0.15, -0.1) is 0 Å². The Morgan fingerprint density at radius 1 is 1.00 bits per heavy atom. The van der Waals surface area contributed by atoms with Crippen LogP contribution >= 0.6 is 0 Å². The highest BCUT2D eigenvalue weighted by Gasteiger charge is 2.37. The third-order valence-electron chi connectivity index (χ3n) is 4.02. The van der Waals surface area contributed by atoms with Crippen LogP contribution in [0.3, 0.4) is 0 Å². The number of ether oxygens (including phenoxy) is 2. The van der Waals surface area contributed by atoms with E-state index in [0.717, 1.165) is 12.8 Å². The van der Waals surface area contributed by atoms with E-state index in [2.05, 4.69) is 6.92 Å². The maximum Gasteiger partial charge on any atom is 0.305 e. The summed E-state index contributed by atoms with van der Waals surface area (Å²) in [6.07, 6.45) is 13.6. The van der Waals surface area contributed by atoms with Crippen molar-refractivity contribution in [3.8, 4) is 0 Å². The normalized spacial score (nSPS) is 20.5. The van der Waals surface area contributed by atoms with E-state index in [-0.39, 0.29) is 25.3 Å². The number of hydrogen-bond donors (Lipinski definition) is 1. The number of rotatable bonds is 14. The summed E-state index contributed by atoms with van der Waals surface area (Å²) in [5, 5.41) is 8.55. The number of carbonyl (C=O) groups excluding carboxylic acids is 1. The third kappa shape index (κ3) is 9.86. The van der Waals surface area contributed by atoms with Gasteiger partial charge in [-0.2, -0.15) is 0 Å². The first kappa shape index (κ1) is 18.4. The number of unbranched alkanes of at least 4 members (excludes halogenated alkanes) is 7. The average Bonchev–Trinajstić information content (AvgIpc) is 3.24. The fourth-order valence-electron chi connectivity index (χ4n) is 2.66. The van der Waals surface area contributed by atoms with E-state index >= 15 is 0 Å². The maximum absolute atomic E-state index is 11.3.